The second kappa shape index (κ2) is 5.61. The normalized spacial score (nSPS) is 15.9. The van der Waals surface area contributed by atoms with Crippen LogP contribution in [-0.2, 0) is 0 Å². The number of Topliss-reactive ketones (excluding diaryl/α,β-unsaturated/α-hetero) is 1. The fraction of sp³-hybridized carbons (Fsp3) is 0.615. The average Bonchev–Trinajstić information content (AvgIpc) is 2.97. The summed E-state index contributed by atoms with van der Waals surface area (Å²) in [4.78, 5) is 12.4. The molecule has 0 unspecified atom stereocenters. The van der Waals surface area contributed by atoms with Crippen molar-refractivity contribution in [2.45, 2.75) is 45.1 Å². The van der Waals surface area contributed by atoms with Gasteiger partial charge in [-0.05, 0) is 12.8 Å². The molecular weight excluding hydrogens is 248 g/mol. The molecule has 100 valence electrons. The highest BCUT2D eigenvalue weighted by atomic mass is 32.1. The van der Waals surface area contributed by atoms with Gasteiger partial charge in [-0.25, -0.2) is 0 Å². The van der Waals surface area contributed by atoms with Crippen molar-refractivity contribution >= 4 is 27.8 Å². The predicted molar refractivity (Wildman–Crippen MR) is 75.8 cm³/mol. The molecule has 5 heteroatoms. The van der Waals surface area contributed by atoms with Crippen LogP contribution in [0.3, 0.4) is 0 Å². The highest BCUT2D eigenvalue weighted by Crippen LogP contribution is 2.44. The second-order valence-corrected chi connectivity index (χ2v) is 5.63. The van der Waals surface area contributed by atoms with Crippen LogP contribution in [0.4, 0.5) is 10.7 Å². The van der Waals surface area contributed by atoms with Crippen LogP contribution in [-0.4, -0.2) is 18.9 Å². The van der Waals surface area contributed by atoms with Gasteiger partial charge in [-0.1, -0.05) is 19.8 Å². The number of carbonyl (C=O) groups excluding carboxylic acids is 1. The number of methoxy groups -OCH3 is 1. The Morgan fingerprint density at radius 1 is 1.50 bits per heavy atom. The van der Waals surface area contributed by atoms with Gasteiger partial charge in [-0.2, -0.15) is 0 Å². The first kappa shape index (κ1) is 13.2. The maximum atomic E-state index is 11.8. The Labute approximate surface area is 112 Å². The molecule has 1 saturated carbocycles. The van der Waals surface area contributed by atoms with E-state index < -0.39 is 0 Å². The maximum Gasteiger partial charge on any atom is 0.176 e. The summed E-state index contributed by atoms with van der Waals surface area (Å²) < 4.78 is 5.33. The van der Waals surface area contributed by atoms with Gasteiger partial charge < -0.3 is 15.8 Å². The van der Waals surface area contributed by atoms with Crippen molar-refractivity contribution in [1.29, 1.82) is 0 Å². The number of thiophene rings is 1. The zero-order valence-electron chi connectivity index (χ0n) is 10.9. The summed E-state index contributed by atoms with van der Waals surface area (Å²) in [5.74, 6) is 0.707. The van der Waals surface area contributed by atoms with E-state index in [0.29, 0.717) is 28.8 Å². The number of hydrogen-bond donors (Lipinski definition) is 2. The van der Waals surface area contributed by atoms with Crippen molar-refractivity contribution in [3.8, 4) is 5.75 Å². The van der Waals surface area contributed by atoms with E-state index in [4.69, 9.17) is 10.5 Å². The van der Waals surface area contributed by atoms with Gasteiger partial charge in [0, 0.05) is 12.5 Å². The van der Waals surface area contributed by atoms with Gasteiger partial charge in [0.15, 0.2) is 11.5 Å². The lowest BCUT2D eigenvalue weighted by molar-refractivity contribution is 0.0992. The first-order valence-corrected chi connectivity index (χ1v) is 7.25. The molecule has 1 fully saturated rings. The summed E-state index contributed by atoms with van der Waals surface area (Å²) in [5, 5.41) is 4.36. The second-order valence-electron chi connectivity index (χ2n) is 4.61. The van der Waals surface area contributed by atoms with Crippen LogP contribution in [0, 0.1) is 0 Å². The molecule has 0 aliphatic heterocycles. The van der Waals surface area contributed by atoms with Crippen molar-refractivity contribution < 1.29 is 9.53 Å². The number of nitrogens with one attached hydrogen (secondary N) is 1. The molecule has 1 aliphatic rings. The SMILES string of the molecule is CCC(=O)c1sc(NC2CCCC2)c(OC)c1N. The van der Waals surface area contributed by atoms with E-state index in [1.54, 1.807) is 7.11 Å². The molecule has 0 spiro atoms. The smallest absolute Gasteiger partial charge is 0.176 e. The van der Waals surface area contributed by atoms with Gasteiger partial charge in [0.25, 0.3) is 0 Å². The van der Waals surface area contributed by atoms with Gasteiger partial charge in [0.05, 0.1) is 17.7 Å². The fourth-order valence-corrected chi connectivity index (χ4v) is 3.53. The number of nitrogens with two attached hydrogens (primary N) is 1. The molecule has 0 bridgehead atoms. The lowest BCUT2D eigenvalue weighted by atomic mass is 10.2. The molecule has 0 aromatic carbocycles. The molecule has 0 saturated heterocycles. The lowest BCUT2D eigenvalue weighted by Crippen LogP contribution is -2.13. The molecule has 3 N–H and O–H groups in total. The first-order valence-electron chi connectivity index (χ1n) is 6.43. The molecule has 18 heavy (non-hydrogen) atoms. The molecule has 1 aromatic heterocycles. The van der Waals surface area contributed by atoms with E-state index in [-0.39, 0.29) is 5.78 Å². The van der Waals surface area contributed by atoms with Crippen molar-refractivity contribution in [1.82, 2.24) is 0 Å². The molecule has 2 rings (SSSR count). The minimum absolute atomic E-state index is 0.0790. The van der Waals surface area contributed by atoms with Crippen molar-refractivity contribution in [3.05, 3.63) is 4.88 Å². The fourth-order valence-electron chi connectivity index (χ4n) is 2.35. The third-order valence-electron chi connectivity index (χ3n) is 3.37. The van der Waals surface area contributed by atoms with Crippen LogP contribution >= 0.6 is 11.3 Å². The summed E-state index contributed by atoms with van der Waals surface area (Å²) in [6.45, 7) is 1.85. The number of ketones is 1. The van der Waals surface area contributed by atoms with Crippen molar-refractivity contribution in [2.75, 3.05) is 18.2 Å². The molecule has 1 aliphatic carbocycles. The van der Waals surface area contributed by atoms with Gasteiger partial charge in [-0.15, -0.1) is 11.3 Å². The Bertz CT molecular complexity index is 436. The van der Waals surface area contributed by atoms with Crippen LogP contribution in [0.1, 0.15) is 48.7 Å². The van der Waals surface area contributed by atoms with E-state index >= 15 is 0 Å². The molecule has 1 heterocycles. The molecule has 4 nitrogen and oxygen atoms in total. The van der Waals surface area contributed by atoms with Gasteiger partial charge in [-0.3, -0.25) is 4.79 Å². The standard InChI is InChI=1S/C13H20N2O2S/c1-3-9(16)12-10(14)11(17-2)13(18-12)15-8-6-4-5-7-8/h8,15H,3-7,14H2,1-2H3. The number of hydrogen-bond acceptors (Lipinski definition) is 5. The Morgan fingerprint density at radius 2 is 2.17 bits per heavy atom. The molecular formula is C13H20N2O2S. The van der Waals surface area contributed by atoms with E-state index in [1.807, 2.05) is 6.92 Å². The summed E-state index contributed by atoms with van der Waals surface area (Å²) in [6, 6.07) is 0.488. The van der Waals surface area contributed by atoms with Gasteiger partial charge >= 0.3 is 0 Å². The van der Waals surface area contributed by atoms with E-state index in [0.717, 1.165) is 5.00 Å². The zero-order chi connectivity index (χ0) is 13.1. The number of nitrogen functional groups attached to an aromatic ring is 1. The molecule has 0 atom stereocenters. The van der Waals surface area contributed by atoms with E-state index in [9.17, 15) is 4.79 Å². The first-order chi connectivity index (χ1) is 8.67. The third-order valence-corrected chi connectivity index (χ3v) is 4.53. The summed E-state index contributed by atoms with van der Waals surface area (Å²) >= 11 is 1.42. The van der Waals surface area contributed by atoms with Crippen molar-refractivity contribution in [2.24, 2.45) is 0 Å². The average molecular weight is 268 g/mol. The van der Waals surface area contributed by atoms with E-state index in [1.165, 1.54) is 37.0 Å². The minimum atomic E-state index is 0.0790. The summed E-state index contributed by atoms with van der Waals surface area (Å²) in [7, 11) is 1.60. The topological polar surface area (TPSA) is 64.3 Å². The number of anilines is 2. The van der Waals surface area contributed by atoms with Gasteiger partial charge in [0.1, 0.15) is 5.00 Å². The quantitative estimate of drug-likeness (QED) is 0.804. The van der Waals surface area contributed by atoms with Gasteiger partial charge in [0.2, 0.25) is 0 Å². The highest BCUT2D eigenvalue weighted by molar-refractivity contribution is 7.19. The lowest BCUT2D eigenvalue weighted by Gasteiger charge is -2.12. The minimum Gasteiger partial charge on any atom is -0.492 e. The van der Waals surface area contributed by atoms with Crippen LogP contribution in [0.25, 0.3) is 0 Å². The zero-order valence-corrected chi connectivity index (χ0v) is 11.7. The summed E-state index contributed by atoms with van der Waals surface area (Å²) in [5.41, 5.74) is 6.47. The third kappa shape index (κ3) is 2.46. The monoisotopic (exact) mass is 268 g/mol. The number of ether oxygens (including phenoxy) is 1. The number of rotatable bonds is 5. The van der Waals surface area contributed by atoms with Crippen LogP contribution in [0.15, 0.2) is 0 Å². The number of carbonyl (C=O) groups is 1. The molecule has 0 amide bonds. The van der Waals surface area contributed by atoms with Crippen LogP contribution in [0.5, 0.6) is 5.75 Å². The highest BCUT2D eigenvalue weighted by Gasteiger charge is 2.23. The molecule has 1 aromatic rings. The summed E-state index contributed by atoms with van der Waals surface area (Å²) in [6.07, 6.45) is 5.36. The predicted octanol–water partition coefficient (Wildman–Crippen LogP) is 3.29. The Balaban J connectivity index is 2.25. The van der Waals surface area contributed by atoms with Crippen LogP contribution in [0.2, 0.25) is 0 Å². The Morgan fingerprint density at radius 3 is 2.72 bits per heavy atom. The Hall–Kier alpha value is -1.23. The largest absolute Gasteiger partial charge is 0.492 e. The molecule has 0 radical (unpaired) electrons. The maximum absolute atomic E-state index is 11.8. The van der Waals surface area contributed by atoms with Crippen molar-refractivity contribution in [3.63, 3.8) is 0 Å². The van der Waals surface area contributed by atoms with Crippen LogP contribution < -0.4 is 15.8 Å². The Kier molecular flexibility index (Phi) is 4.11. The van der Waals surface area contributed by atoms with E-state index in [2.05, 4.69) is 5.32 Å².